The molecule has 0 saturated heterocycles. The maximum Gasteiger partial charge on any atom is 0.313 e. The molecule has 0 spiro atoms. The Labute approximate surface area is 121 Å². The van der Waals surface area contributed by atoms with Crippen LogP contribution in [0.5, 0.6) is 0 Å². The van der Waals surface area contributed by atoms with E-state index in [1.165, 1.54) is 25.3 Å². The van der Waals surface area contributed by atoms with Crippen molar-refractivity contribution in [1.29, 1.82) is 5.26 Å². The van der Waals surface area contributed by atoms with E-state index in [0.29, 0.717) is 11.6 Å². The van der Waals surface area contributed by atoms with Crippen LogP contribution in [-0.4, -0.2) is 31.6 Å². The molecule has 0 bridgehead atoms. The molecular weight excluding hydrogens is 282 g/mol. The molecule has 1 unspecified atom stereocenters. The third kappa shape index (κ3) is 4.53. The van der Waals surface area contributed by atoms with E-state index in [4.69, 9.17) is 21.6 Å². The smallest absolute Gasteiger partial charge is 0.313 e. The number of benzene rings is 1. The van der Waals surface area contributed by atoms with Crippen LogP contribution in [0.3, 0.4) is 0 Å². The highest BCUT2D eigenvalue weighted by Gasteiger charge is 2.17. The quantitative estimate of drug-likeness (QED) is 0.819. The van der Waals surface area contributed by atoms with Gasteiger partial charge in [0.1, 0.15) is 6.07 Å². The lowest BCUT2D eigenvalue weighted by molar-refractivity contribution is -0.136. The van der Waals surface area contributed by atoms with Crippen molar-refractivity contribution >= 4 is 29.1 Å². The molecule has 2 amide bonds. The minimum Gasteiger partial charge on any atom is -0.383 e. The summed E-state index contributed by atoms with van der Waals surface area (Å²) in [5, 5.41) is 14.1. The Bertz CT molecular complexity index is 554. The van der Waals surface area contributed by atoms with Gasteiger partial charge in [-0.15, -0.1) is 0 Å². The van der Waals surface area contributed by atoms with Crippen molar-refractivity contribution in [2.75, 3.05) is 19.0 Å². The van der Waals surface area contributed by atoms with Gasteiger partial charge in [-0.25, -0.2) is 0 Å². The molecule has 1 aromatic rings. The van der Waals surface area contributed by atoms with Crippen LogP contribution in [-0.2, 0) is 14.3 Å². The first-order chi connectivity index (χ1) is 9.47. The molecule has 6 nitrogen and oxygen atoms in total. The van der Waals surface area contributed by atoms with Crippen LogP contribution in [0.1, 0.15) is 12.5 Å². The summed E-state index contributed by atoms with van der Waals surface area (Å²) in [4.78, 5) is 23.3. The highest BCUT2D eigenvalue weighted by Crippen LogP contribution is 2.20. The fraction of sp³-hybridized carbons (Fsp3) is 0.308. The van der Waals surface area contributed by atoms with E-state index in [1.807, 2.05) is 6.07 Å². The average Bonchev–Trinajstić information content (AvgIpc) is 2.39. The fourth-order valence-electron chi connectivity index (χ4n) is 1.48. The van der Waals surface area contributed by atoms with Crippen LogP contribution in [0.2, 0.25) is 5.02 Å². The number of nitriles is 1. The number of halogens is 1. The molecule has 0 radical (unpaired) electrons. The first kappa shape index (κ1) is 16.0. The molecule has 0 aliphatic carbocycles. The lowest BCUT2D eigenvalue weighted by Gasteiger charge is -2.13. The van der Waals surface area contributed by atoms with Crippen LogP contribution in [0.4, 0.5) is 5.69 Å². The Morgan fingerprint density at radius 3 is 2.75 bits per heavy atom. The maximum absolute atomic E-state index is 11.7. The third-order valence-electron chi connectivity index (χ3n) is 2.35. The molecule has 1 aromatic carbocycles. The minimum absolute atomic E-state index is 0.194. The standard InChI is InChI=1S/C13H14ClN3O3/c1-8(7-20-2)16-12(18)13(19)17-11-5-10(14)4-3-9(11)6-15/h3-5,8H,7H2,1-2H3,(H,16,18)(H,17,19). The van der Waals surface area contributed by atoms with Gasteiger partial charge in [-0.1, -0.05) is 11.6 Å². The molecule has 106 valence electrons. The SMILES string of the molecule is COCC(C)NC(=O)C(=O)Nc1cc(Cl)ccc1C#N. The molecule has 0 fully saturated rings. The summed E-state index contributed by atoms with van der Waals surface area (Å²) in [7, 11) is 1.49. The normalized spacial score (nSPS) is 11.3. The van der Waals surface area contributed by atoms with E-state index in [1.54, 1.807) is 6.92 Å². The van der Waals surface area contributed by atoms with Crippen LogP contribution in [0.15, 0.2) is 18.2 Å². The number of hydrogen-bond donors (Lipinski definition) is 2. The van der Waals surface area contributed by atoms with Crippen LogP contribution < -0.4 is 10.6 Å². The van der Waals surface area contributed by atoms with E-state index >= 15 is 0 Å². The number of methoxy groups -OCH3 is 1. The number of amides is 2. The molecule has 1 atom stereocenters. The van der Waals surface area contributed by atoms with Gasteiger partial charge >= 0.3 is 11.8 Å². The second kappa shape index (κ2) is 7.48. The number of nitrogens with zero attached hydrogens (tertiary/aromatic N) is 1. The fourth-order valence-corrected chi connectivity index (χ4v) is 1.65. The zero-order chi connectivity index (χ0) is 15.1. The van der Waals surface area contributed by atoms with Crippen molar-refractivity contribution < 1.29 is 14.3 Å². The zero-order valence-electron chi connectivity index (χ0n) is 11.1. The monoisotopic (exact) mass is 295 g/mol. The van der Waals surface area contributed by atoms with Gasteiger partial charge in [-0.05, 0) is 25.1 Å². The van der Waals surface area contributed by atoms with Crippen LogP contribution >= 0.6 is 11.6 Å². The summed E-state index contributed by atoms with van der Waals surface area (Å²) in [5.74, 6) is -1.68. The van der Waals surface area contributed by atoms with E-state index in [0.717, 1.165) is 0 Å². The predicted molar refractivity (Wildman–Crippen MR) is 74.3 cm³/mol. The molecule has 0 aliphatic rings. The molecule has 20 heavy (non-hydrogen) atoms. The summed E-state index contributed by atoms with van der Waals surface area (Å²) >= 11 is 5.78. The second-order valence-electron chi connectivity index (χ2n) is 4.09. The Hall–Kier alpha value is -2.10. The van der Waals surface area contributed by atoms with Gasteiger partial charge < -0.3 is 15.4 Å². The van der Waals surface area contributed by atoms with Gasteiger partial charge in [0.15, 0.2) is 0 Å². The topological polar surface area (TPSA) is 91.2 Å². The van der Waals surface area contributed by atoms with E-state index in [-0.39, 0.29) is 17.3 Å². The summed E-state index contributed by atoms with van der Waals surface area (Å²) in [5.41, 5.74) is 0.417. The Kier molecular flexibility index (Phi) is 5.97. The van der Waals surface area contributed by atoms with Crippen molar-refractivity contribution in [3.63, 3.8) is 0 Å². The summed E-state index contributed by atoms with van der Waals surface area (Å²) in [6.07, 6.45) is 0. The van der Waals surface area contributed by atoms with Crippen molar-refractivity contribution in [2.45, 2.75) is 13.0 Å². The largest absolute Gasteiger partial charge is 0.383 e. The molecule has 0 saturated carbocycles. The van der Waals surface area contributed by atoms with Gasteiger partial charge in [-0.2, -0.15) is 5.26 Å². The Morgan fingerprint density at radius 1 is 1.45 bits per heavy atom. The highest BCUT2D eigenvalue weighted by atomic mass is 35.5. The van der Waals surface area contributed by atoms with Gasteiger partial charge in [-0.3, -0.25) is 9.59 Å². The third-order valence-corrected chi connectivity index (χ3v) is 2.59. The Morgan fingerprint density at radius 2 is 2.15 bits per heavy atom. The first-order valence-corrected chi connectivity index (χ1v) is 6.16. The van der Waals surface area contributed by atoms with E-state index in [9.17, 15) is 9.59 Å². The van der Waals surface area contributed by atoms with Gasteiger partial charge in [0.05, 0.1) is 17.9 Å². The first-order valence-electron chi connectivity index (χ1n) is 5.78. The van der Waals surface area contributed by atoms with Crippen molar-refractivity contribution in [1.82, 2.24) is 5.32 Å². The summed E-state index contributed by atoms with van der Waals surface area (Å²) < 4.78 is 4.85. The van der Waals surface area contributed by atoms with Gasteiger partial charge in [0, 0.05) is 18.2 Å². The Balaban J connectivity index is 2.73. The number of hydrogen-bond acceptors (Lipinski definition) is 4. The minimum atomic E-state index is -0.869. The van der Waals surface area contributed by atoms with Gasteiger partial charge in [0.25, 0.3) is 0 Å². The highest BCUT2D eigenvalue weighted by molar-refractivity contribution is 6.40. The van der Waals surface area contributed by atoms with Crippen molar-refractivity contribution in [3.8, 4) is 6.07 Å². The molecular formula is C13H14ClN3O3. The van der Waals surface area contributed by atoms with Gasteiger partial charge in [0.2, 0.25) is 0 Å². The van der Waals surface area contributed by atoms with Crippen LogP contribution in [0, 0.1) is 11.3 Å². The summed E-state index contributed by atoms with van der Waals surface area (Å²) in [6, 6.07) is 6.00. The average molecular weight is 296 g/mol. The molecule has 0 aromatic heterocycles. The maximum atomic E-state index is 11.7. The number of anilines is 1. The summed E-state index contributed by atoms with van der Waals surface area (Å²) in [6.45, 7) is 1.99. The van der Waals surface area contributed by atoms with Crippen molar-refractivity contribution in [3.05, 3.63) is 28.8 Å². The number of rotatable bonds is 4. The number of ether oxygens (including phenoxy) is 1. The lowest BCUT2D eigenvalue weighted by atomic mass is 10.2. The van der Waals surface area contributed by atoms with Crippen LogP contribution in [0.25, 0.3) is 0 Å². The second-order valence-corrected chi connectivity index (χ2v) is 4.52. The predicted octanol–water partition coefficient (Wildman–Crippen LogP) is 1.30. The lowest BCUT2D eigenvalue weighted by Crippen LogP contribution is -2.42. The number of nitrogens with one attached hydrogen (secondary N) is 2. The molecule has 7 heteroatoms. The molecule has 0 heterocycles. The van der Waals surface area contributed by atoms with E-state index < -0.39 is 11.8 Å². The zero-order valence-corrected chi connectivity index (χ0v) is 11.8. The van der Waals surface area contributed by atoms with E-state index in [2.05, 4.69) is 10.6 Å². The van der Waals surface area contributed by atoms with Crippen molar-refractivity contribution in [2.24, 2.45) is 0 Å². The number of carbonyl (C=O) groups is 2. The molecule has 2 N–H and O–H groups in total. The molecule has 1 rings (SSSR count). The number of carbonyl (C=O) groups excluding carboxylic acids is 2. The molecule has 0 aliphatic heterocycles.